The molecule has 1 N–H and O–H groups in total. The fourth-order valence-electron chi connectivity index (χ4n) is 8.57. The van der Waals surface area contributed by atoms with E-state index in [0.717, 1.165) is 64.2 Å². The van der Waals surface area contributed by atoms with Crippen LogP contribution < -0.4 is 0 Å². The van der Waals surface area contributed by atoms with Gasteiger partial charge in [0.05, 0.1) is 18.6 Å². The van der Waals surface area contributed by atoms with Crippen molar-refractivity contribution < 1.29 is 14.6 Å². The smallest absolute Gasteiger partial charge is 0.312 e. The van der Waals surface area contributed by atoms with Crippen LogP contribution in [0.25, 0.3) is 0 Å². The molecule has 0 aliphatic heterocycles. The summed E-state index contributed by atoms with van der Waals surface area (Å²) < 4.78 is 5.42. The summed E-state index contributed by atoms with van der Waals surface area (Å²) in [7, 11) is 1.56. The monoisotopic (exact) mass is 468 g/mol. The number of methoxy groups -OCH3 is 1. The summed E-state index contributed by atoms with van der Waals surface area (Å²) in [6.45, 7) is 18.5. The molecule has 0 unspecified atom stereocenters. The van der Waals surface area contributed by atoms with E-state index in [0.29, 0.717) is 5.92 Å². The number of fused-ring (bicyclic) bond motifs is 2. The van der Waals surface area contributed by atoms with Gasteiger partial charge >= 0.3 is 5.97 Å². The summed E-state index contributed by atoms with van der Waals surface area (Å²) in [4.78, 5) is 13.2. The number of esters is 1. The van der Waals surface area contributed by atoms with Crippen LogP contribution in [-0.2, 0) is 9.53 Å². The highest BCUT2D eigenvalue weighted by molar-refractivity contribution is 5.78. The van der Waals surface area contributed by atoms with E-state index in [2.05, 4.69) is 54.2 Å². The van der Waals surface area contributed by atoms with Crippen molar-refractivity contribution in [2.45, 2.75) is 112 Å². The van der Waals surface area contributed by atoms with Gasteiger partial charge in [-0.05, 0) is 105 Å². The molecule has 34 heavy (non-hydrogen) atoms. The molecule has 5 atom stereocenters. The number of hydrogen-bond acceptors (Lipinski definition) is 3. The predicted molar refractivity (Wildman–Crippen MR) is 139 cm³/mol. The van der Waals surface area contributed by atoms with Crippen LogP contribution in [0.5, 0.6) is 0 Å². The van der Waals surface area contributed by atoms with Gasteiger partial charge in [-0.2, -0.15) is 0 Å². The second kappa shape index (κ2) is 8.64. The quantitative estimate of drug-likeness (QED) is 0.343. The molecule has 3 saturated carbocycles. The van der Waals surface area contributed by atoms with Crippen molar-refractivity contribution >= 4 is 5.97 Å². The minimum absolute atomic E-state index is 0.00257. The number of ether oxygens (including phenoxy) is 1. The molecule has 3 fully saturated rings. The van der Waals surface area contributed by atoms with Gasteiger partial charge in [-0.1, -0.05) is 64.0 Å². The van der Waals surface area contributed by atoms with E-state index in [1.54, 1.807) is 7.11 Å². The summed E-state index contributed by atoms with van der Waals surface area (Å²) in [6.07, 6.45) is 12.1. The third-order valence-corrected chi connectivity index (χ3v) is 10.9. The highest BCUT2D eigenvalue weighted by Crippen LogP contribution is 2.62. The van der Waals surface area contributed by atoms with Crippen LogP contribution >= 0.6 is 0 Å². The third-order valence-electron chi connectivity index (χ3n) is 10.9. The third kappa shape index (κ3) is 3.94. The molecule has 0 aromatic rings. The van der Waals surface area contributed by atoms with Crippen LogP contribution in [0.4, 0.5) is 0 Å². The molecule has 3 nitrogen and oxygen atoms in total. The molecule has 3 heteroatoms. The molecule has 4 aliphatic rings. The molecule has 4 aliphatic carbocycles. The molecule has 0 bridgehead atoms. The number of rotatable bonds is 3. The first-order valence-electron chi connectivity index (χ1n) is 13.6. The number of aliphatic hydroxyl groups excluding tert-OH is 1. The zero-order valence-electron chi connectivity index (χ0n) is 22.9. The first-order chi connectivity index (χ1) is 15.8. The van der Waals surface area contributed by atoms with E-state index >= 15 is 0 Å². The van der Waals surface area contributed by atoms with Gasteiger partial charge in [-0.25, -0.2) is 0 Å². The minimum atomic E-state index is -0.357. The predicted octanol–water partition coefficient (Wildman–Crippen LogP) is 7.55. The SMILES string of the molecule is C=C1CC[C@H]2C(C)(C)[C@@H](O)CC[C@]2(C)/C1=C\CC1=C(C)CC[C@@]2(C(=O)OC)CCC(C)(C)C[C@@H]12. The maximum Gasteiger partial charge on any atom is 0.312 e. The Kier molecular flexibility index (Phi) is 6.54. The van der Waals surface area contributed by atoms with Gasteiger partial charge in [0.15, 0.2) is 0 Å². The molecular formula is C31H48O3. The van der Waals surface area contributed by atoms with Gasteiger partial charge in [-0.3, -0.25) is 4.79 Å². The van der Waals surface area contributed by atoms with Crippen molar-refractivity contribution in [3.05, 3.63) is 34.9 Å². The van der Waals surface area contributed by atoms with Gasteiger partial charge in [0, 0.05) is 0 Å². The average Bonchev–Trinajstić information content (AvgIpc) is 2.76. The van der Waals surface area contributed by atoms with Gasteiger partial charge in [0.2, 0.25) is 0 Å². The lowest BCUT2D eigenvalue weighted by Gasteiger charge is -2.57. The Bertz CT molecular complexity index is 919. The van der Waals surface area contributed by atoms with Crippen LogP contribution in [0.1, 0.15) is 106 Å². The lowest BCUT2D eigenvalue weighted by atomic mass is 9.48. The maximum absolute atomic E-state index is 13.2. The van der Waals surface area contributed by atoms with Crippen LogP contribution in [0.3, 0.4) is 0 Å². The van der Waals surface area contributed by atoms with E-state index < -0.39 is 0 Å². The average molecular weight is 469 g/mol. The largest absolute Gasteiger partial charge is 0.469 e. The Labute approximate surface area is 208 Å². The van der Waals surface area contributed by atoms with Crippen LogP contribution in [-0.4, -0.2) is 24.3 Å². The van der Waals surface area contributed by atoms with Crippen LogP contribution in [0, 0.1) is 33.5 Å². The second-order valence-corrected chi connectivity index (χ2v) is 13.7. The van der Waals surface area contributed by atoms with Gasteiger partial charge in [-0.15, -0.1) is 0 Å². The molecule has 0 heterocycles. The van der Waals surface area contributed by atoms with Gasteiger partial charge in [0.1, 0.15) is 0 Å². The highest BCUT2D eigenvalue weighted by Gasteiger charge is 2.56. The zero-order chi connectivity index (χ0) is 25.1. The first-order valence-corrected chi connectivity index (χ1v) is 13.6. The van der Waals surface area contributed by atoms with E-state index in [9.17, 15) is 9.90 Å². The van der Waals surface area contributed by atoms with E-state index in [1.165, 1.54) is 22.3 Å². The van der Waals surface area contributed by atoms with E-state index in [1.807, 2.05) is 0 Å². The normalized spacial score (nSPS) is 40.5. The van der Waals surface area contributed by atoms with E-state index in [-0.39, 0.29) is 39.7 Å². The van der Waals surface area contributed by atoms with Crippen molar-refractivity contribution in [1.29, 1.82) is 0 Å². The van der Waals surface area contributed by atoms with Gasteiger partial charge < -0.3 is 9.84 Å². The Morgan fingerprint density at radius 1 is 1.09 bits per heavy atom. The summed E-state index contributed by atoms with van der Waals surface area (Å²) in [5.74, 6) is 0.729. The molecule has 0 amide bonds. The molecule has 0 radical (unpaired) electrons. The van der Waals surface area contributed by atoms with Crippen molar-refractivity contribution in [2.75, 3.05) is 7.11 Å². The molecular weight excluding hydrogens is 420 g/mol. The van der Waals surface area contributed by atoms with Crippen LogP contribution in [0.2, 0.25) is 0 Å². The molecule has 190 valence electrons. The zero-order valence-corrected chi connectivity index (χ0v) is 22.9. The molecule has 4 rings (SSSR count). The highest BCUT2D eigenvalue weighted by atomic mass is 16.5. The minimum Gasteiger partial charge on any atom is -0.469 e. The molecule has 0 aromatic heterocycles. The second-order valence-electron chi connectivity index (χ2n) is 13.7. The van der Waals surface area contributed by atoms with E-state index in [4.69, 9.17) is 4.74 Å². The first kappa shape index (κ1) is 25.7. The Hall–Kier alpha value is -1.35. The maximum atomic E-state index is 13.2. The van der Waals surface area contributed by atoms with Crippen molar-refractivity contribution in [1.82, 2.24) is 0 Å². The Balaban J connectivity index is 1.71. The molecule has 0 aromatic carbocycles. The summed E-state index contributed by atoms with van der Waals surface area (Å²) >= 11 is 0. The number of carbonyl (C=O) groups excluding carboxylic acids is 1. The van der Waals surface area contributed by atoms with Crippen molar-refractivity contribution in [2.24, 2.45) is 33.5 Å². The summed E-state index contributed by atoms with van der Waals surface area (Å²) in [5, 5.41) is 10.8. The van der Waals surface area contributed by atoms with Crippen LogP contribution in [0.15, 0.2) is 34.9 Å². The fraction of sp³-hybridized carbons (Fsp3) is 0.774. The number of aliphatic hydroxyl groups is 1. The standard InChI is InChI=1S/C31H48O3/c1-20-13-16-31(27(33)34-8)18-17-28(3,4)19-24(31)22(20)10-11-23-21(2)9-12-25-29(5,6)26(32)14-15-30(23,25)7/h11,24-26,32H,2,9-10,12-19H2,1,3-8H3/b23-11-/t24-,25-,26-,30+,31+/m0/s1. The Morgan fingerprint density at radius 2 is 1.79 bits per heavy atom. The topological polar surface area (TPSA) is 46.5 Å². The Morgan fingerprint density at radius 3 is 2.47 bits per heavy atom. The number of carbonyl (C=O) groups is 1. The molecule has 0 spiro atoms. The number of hydrogen-bond donors (Lipinski definition) is 1. The molecule has 0 saturated heterocycles. The summed E-state index contributed by atoms with van der Waals surface area (Å²) in [5.41, 5.74) is 5.52. The fourth-order valence-corrected chi connectivity index (χ4v) is 8.57. The lowest BCUT2D eigenvalue weighted by molar-refractivity contribution is -0.161. The van der Waals surface area contributed by atoms with Crippen molar-refractivity contribution in [3.8, 4) is 0 Å². The number of allylic oxidation sites excluding steroid dienone is 5. The van der Waals surface area contributed by atoms with Crippen molar-refractivity contribution in [3.63, 3.8) is 0 Å². The lowest BCUT2D eigenvalue weighted by Crippen LogP contribution is -2.52. The summed E-state index contributed by atoms with van der Waals surface area (Å²) in [6, 6.07) is 0. The van der Waals surface area contributed by atoms with Gasteiger partial charge in [0.25, 0.3) is 0 Å².